The van der Waals surface area contributed by atoms with Crippen LogP contribution in [0.5, 0.6) is 0 Å². The van der Waals surface area contributed by atoms with Crippen LogP contribution in [0.3, 0.4) is 0 Å². The van der Waals surface area contributed by atoms with E-state index in [2.05, 4.69) is 33.8 Å². The van der Waals surface area contributed by atoms with Crippen molar-refractivity contribution < 1.29 is 9.18 Å². The van der Waals surface area contributed by atoms with E-state index in [-0.39, 0.29) is 23.6 Å². The highest BCUT2D eigenvalue weighted by Gasteiger charge is 2.28. The van der Waals surface area contributed by atoms with Crippen molar-refractivity contribution in [3.63, 3.8) is 0 Å². The zero-order valence-electron chi connectivity index (χ0n) is 20.0. The maximum atomic E-state index is 14.4. The number of hydrogen-bond donors (Lipinski definition) is 1. The van der Waals surface area contributed by atoms with Crippen molar-refractivity contribution in [1.82, 2.24) is 14.9 Å². The molecule has 1 saturated heterocycles. The molecule has 1 fully saturated rings. The van der Waals surface area contributed by atoms with Gasteiger partial charge in [0.05, 0.1) is 17.6 Å². The van der Waals surface area contributed by atoms with Crippen molar-refractivity contribution >= 4 is 22.9 Å². The molecular formula is C29H31FN4O. The Morgan fingerprint density at radius 2 is 1.69 bits per heavy atom. The fourth-order valence-electron chi connectivity index (χ4n) is 4.90. The smallest absolute Gasteiger partial charge is 0.223 e. The topological polar surface area (TPSA) is 50.2 Å². The Labute approximate surface area is 205 Å². The second-order valence-electron chi connectivity index (χ2n) is 9.40. The lowest BCUT2D eigenvalue weighted by Gasteiger charge is -2.32. The third-order valence-electron chi connectivity index (χ3n) is 7.02. The van der Waals surface area contributed by atoms with Crippen molar-refractivity contribution in [3.8, 4) is 0 Å². The Kier molecular flexibility index (Phi) is 6.80. The van der Waals surface area contributed by atoms with Crippen LogP contribution in [0.15, 0.2) is 78.9 Å². The van der Waals surface area contributed by atoms with Gasteiger partial charge in [-0.2, -0.15) is 0 Å². The number of carbonyl (C=O) groups excluding carboxylic acids is 1. The molecule has 0 unspecified atom stereocenters. The standard InChI is InChI=1S/C29H31FN4O/c1-21(22-9-3-2-4-10-22)19-31-28(35)23-15-17-33(18-16-23)29-32-26-13-7-8-14-27(26)34(29)20-24-11-5-6-12-25(24)30/h2-14,21,23H,15-20H2,1H3,(H,31,35)/t21-/m0/s1. The average molecular weight is 471 g/mol. The van der Waals surface area contributed by atoms with Crippen LogP contribution in [-0.4, -0.2) is 35.1 Å². The summed E-state index contributed by atoms with van der Waals surface area (Å²) >= 11 is 0. The molecule has 0 aliphatic carbocycles. The first-order valence-electron chi connectivity index (χ1n) is 12.4. The number of anilines is 1. The van der Waals surface area contributed by atoms with E-state index in [1.165, 1.54) is 11.6 Å². The molecule has 5 rings (SSSR count). The maximum Gasteiger partial charge on any atom is 0.223 e. The molecule has 1 aliphatic heterocycles. The molecule has 0 spiro atoms. The largest absolute Gasteiger partial charge is 0.355 e. The molecule has 6 heteroatoms. The molecule has 1 aliphatic rings. The van der Waals surface area contributed by atoms with Crippen LogP contribution < -0.4 is 10.2 Å². The number of para-hydroxylation sites is 2. The van der Waals surface area contributed by atoms with Gasteiger partial charge in [-0.05, 0) is 42.5 Å². The number of nitrogens with one attached hydrogen (secondary N) is 1. The predicted molar refractivity (Wildman–Crippen MR) is 138 cm³/mol. The normalized spacial score (nSPS) is 15.3. The fraction of sp³-hybridized carbons (Fsp3) is 0.310. The summed E-state index contributed by atoms with van der Waals surface area (Å²) in [6, 6.07) is 25.1. The summed E-state index contributed by atoms with van der Waals surface area (Å²) in [4.78, 5) is 20.0. The predicted octanol–water partition coefficient (Wildman–Crippen LogP) is 5.36. The number of rotatable bonds is 7. The quantitative estimate of drug-likeness (QED) is 0.396. The number of nitrogens with zero attached hydrogens (tertiary/aromatic N) is 3. The molecule has 0 bridgehead atoms. The van der Waals surface area contributed by atoms with Crippen LogP contribution in [0.25, 0.3) is 11.0 Å². The second-order valence-corrected chi connectivity index (χ2v) is 9.40. The van der Waals surface area contributed by atoms with Crippen LogP contribution in [-0.2, 0) is 11.3 Å². The summed E-state index contributed by atoms with van der Waals surface area (Å²) < 4.78 is 16.5. The van der Waals surface area contributed by atoms with Crippen molar-refractivity contribution in [2.24, 2.45) is 5.92 Å². The first-order valence-corrected chi connectivity index (χ1v) is 12.4. The molecule has 1 amide bonds. The lowest BCUT2D eigenvalue weighted by molar-refractivity contribution is -0.125. The molecule has 2 heterocycles. The zero-order valence-corrected chi connectivity index (χ0v) is 20.0. The van der Waals surface area contributed by atoms with Crippen molar-refractivity contribution in [3.05, 3.63) is 95.8 Å². The van der Waals surface area contributed by atoms with Gasteiger partial charge in [0, 0.05) is 31.1 Å². The van der Waals surface area contributed by atoms with E-state index >= 15 is 0 Å². The highest BCUT2D eigenvalue weighted by Crippen LogP contribution is 2.28. The molecule has 1 atom stereocenters. The molecule has 1 aromatic heterocycles. The van der Waals surface area contributed by atoms with Gasteiger partial charge in [-0.25, -0.2) is 9.37 Å². The van der Waals surface area contributed by atoms with E-state index < -0.39 is 0 Å². The minimum absolute atomic E-state index is 0.00128. The monoisotopic (exact) mass is 470 g/mol. The van der Waals surface area contributed by atoms with Gasteiger partial charge in [-0.15, -0.1) is 0 Å². The minimum atomic E-state index is -0.212. The Balaban J connectivity index is 1.26. The van der Waals surface area contributed by atoms with Crippen molar-refractivity contribution in [2.45, 2.75) is 32.2 Å². The summed E-state index contributed by atoms with van der Waals surface area (Å²) in [7, 11) is 0. The van der Waals surface area contributed by atoms with Gasteiger partial charge in [-0.1, -0.05) is 67.6 Å². The molecule has 4 aromatic rings. The van der Waals surface area contributed by atoms with Gasteiger partial charge in [0.1, 0.15) is 5.82 Å². The molecule has 0 radical (unpaired) electrons. The third-order valence-corrected chi connectivity index (χ3v) is 7.02. The van der Waals surface area contributed by atoms with Crippen LogP contribution in [0.1, 0.15) is 36.8 Å². The first-order chi connectivity index (χ1) is 17.1. The molecule has 180 valence electrons. The number of carbonyl (C=O) groups is 1. The van der Waals surface area contributed by atoms with Crippen molar-refractivity contribution in [2.75, 3.05) is 24.5 Å². The van der Waals surface area contributed by atoms with E-state index in [9.17, 15) is 9.18 Å². The summed E-state index contributed by atoms with van der Waals surface area (Å²) in [6.45, 7) is 4.68. The number of aromatic nitrogens is 2. The molecule has 5 nitrogen and oxygen atoms in total. The fourth-order valence-corrected chi connectivity index (χ4v) is 4.90. The van der Waals surface area contributed by atoms with E-state index in [4.69, 9.17) is 4.98 Å². The van der Waals surface area contributed by atoms with Crippen LogP contribution in [0.2, 0.25) is 0 Å². The summed E-state index contributed by atoms with van der Waals surface area (Å²) in [5, 5.41) is 3.16. The second kappa shape index (κ2) is 10.3. The van der Waals surface area contributed by atoms with Gasteiger partial charge >= 0.3 is 0 Å². The number of halogens is 1. The van der Waals surface area contributed by atoms with E-state index in [1.807, 2.05) is 54.6 Å². The number of amides is 1. The zero-order chi connectivity index (χ0) is 24.2. The molecule has 35 heavy (non-hydrogen) atoms. The van der Waals surface area contributed by atoms with Gasteiger partial charge in [0.25, 0.3) is 0 Å². The van der Waals surface area contributed by atoms with Crippen LogP contribution >= 0.6 is 0 Å². The maximum absolute atomic E-state index is 14.4. The Morgan fingerprint density at radius 1 is 1.00 bits per heavy atom. The summed E-state index contributed by atoms with van der Waals surface area (Å²) in [5.41, 5.74) is 3.75. The van der Waals surface area contributed by atoms with Crippen LogP contribution in [0.4, 0.5) is 10.3 Å². The molecular weight excluding hydrogens is 439 g/mol. The molecule has 1 N–H and O–H groups in total. The van der Waals surface area contributed by atoms with E-state index in [0.29, 0.717) is 18.7 Å². The van der Waals surface area contributed by atoms with Gasteiger partial charge < -0.3 is 14.8 Å². The van der Waals surface area contributed by atoms with Crippen LogP contribution in [0, 0.1) is 11.7 Å². The first kappa shape index (κ1) is 23.1. The Morgan fingerprint density at radius 3 is 2.46 bits per heavy atom. The average Bonchev–Trinajstić information content (AvgIpc) is 3.27. The van der Waals surface area contributed by atoms with E-state index in [0.717, 1.165) is 42.9 Å². The molecule has 3 aromatic carbocycles. The number of fused-ring (bicyclic) bond motifs is 1. The van der Waals surface area contributed by atoms with Gasteiger partial charge in [0.15, 0.2) is 0 Å². The lowest BCUT2D eigenvalue weighted by atomic mass is 9.95. The number of hydrogen-bond acceptors (Lipinski definition) is 3. The highest BCUT2D eigenvalue weighted by molar-refractivity contribution is 5.80. The van der Waals surface area contributed by atoms with Crippen molar-refractivity contribution in [1.29, 1.82) is 0 Å². The van der Waals surface area contributed by atoms with Gasteiger partial charge in [0.2, 0.25) is 11.9 Å². The third kappa shape index (κ3) is 5.06. The summed E-state index contributed by atoms with van der Waals surface area (Å²) in [6.07, 6.45) is 1.54. The minimum Gasteiger partial charge on any atom is -0.355 e. The summed E-state index contributed by atoms with van der Waals surface area (Å²) in [5.74, 6) is 1.03. The lowest BCUT2D eigenvalue weighted by Crippen LogP contribution is -2.42. The molecule has 0 saturated carbocycles. The van der Waals surface area contributed by atoms with Gasteiger partial charge in [-0.3, -0.25) is 4.79 Å². The number of piperidine rings is 1. The Bertz CT molecular complexity index is 1290. The highest BCUT2D eigenvalue weighted by atomic mass is 19.1. The van der Waals surface area contributed by atoms with E-state index in [1.54, 1.807) is 6.07 Å². The Hall–Kier alpha value is -3.67. The SMILES string of the molecule is C[C@@H](CNC(=O)C1CCN(c2nc3ccccc3n2Cc2ccccc2F)CC1)c1ccccc1. The number of benzene rings is 3. The number of imidazole rings is 1.